The second-order valence-corrected chi connectivity index (χ2v) is 6.50. The van der Waals surface area contributed by atoms with Crippen LogP contribution in [-0.4, -0.2) is 11.9 Å². The molecule has 1 aromatic carbocycles. The maximum atomic E-state index is 6.37. The number of unbranched alkanes of at least 4 members (excludes halogenated alkanes) is 1. The van der Waals surface area contributed by atoms with Crippen LogP contribution in [0, 0.1) is 0 Å². The largest absolute Gasteiger partial charge is 0.336 e. The van der Waals surface area contributed by atoms with Gasteiger partial charge in [0.2, 0.25) is 5.79 Å². The Morgan fingerprint density at radius 2 is 2.05 bits per heavy atom. The van der Waals surface area contributed by atoms with Crippen molar-refractivity contribution in [3.05, 3.63) is 41.5 Å². The fourth-order valence-electron chi connectivity index (χ4n) is 3.89. The Bertz CT molecular complexity index is 582. The third kappa shape index (κ3) is 1.84. The van der Waals surface area contributed by atoms with E-state index in [2.05, 4.69) is 44.2 Å². The van der Waals surface area contributed by atoms with Crippen LogP contribution in [0.15, 0.2) is 30.3 Å². The molecular weight excluding hydrogens is 264 g/mol. The smallest absolute Gasteiger partial charge is 0.202 e. The first-order valence-electron chi connectivity index (χ1n) is 8.02. The predicted octanol–water partition coefficient (Wildman–Crippen LogP) is 4.33. The number of rotatable bonds is 3. The van der Waals surface area contributed by atoms with E-state index in [4.69, 9.17) is 14.5 Å². The van der Waals surface area contributed by atoms with Crippen LogP contribution in [0.1, 0.15) is 57.1 Å². The van der Waals surface area contributed by atoms with Crippen LogP contribution in [0.25, 0.3) is 5.57 Å². The molecule has 5 rings (SSSR count). The van der Waals surface area contributed by atoms with Crippen molar-refractivity contribution in [1.82, 2.24) is 0 Å². The lowest BCUT2D eigenvalue weighted by molar-refractivity contribution is -0.557. The molecule has 1 aromatic rings. The molecule has 3 atom stereocenters. The normalized spacial score (nSPS) is 36.9. The van der Waals surface area contributed by atoms with Gasteiger partial charge in [-0.2, -0.15) is 0 Å². The van der Waals surface area contributed by atoms with E-state index in [1.165, 1.54) is 16.7 Å². The molecule has 21 heavy (non-hydrogen) atoms. The molecule has 1 aliphatic carbocycles. The molecule has 1 spiro atoms. The van der Waals surface area contributed by atoms with E-state index >= 15 is 0 Å². The molecule has 112 valence electrons. The predicted molar refractivity (Wildman–Crippen MR) is 80.3 cm³/mol. The van der Waals surface area contributed by atoms with E-state index in [0.29, 0.717) is 0 Å². The van der Waals surface area contributed by atoms with Crippen molar-refractivity contribution in [1.29, 1.82) is 0 Å². The zero-order valence-corrected chi connectivity index (χ0v) is 12.7. The van der Waals surface area contributed by atoms with Gasteiger partial charge in [-0.15, -0.1) is 0 Å². The third-order valence-corrected chi connectivity index (χ3v) is 5.14. The first-order chi connectivity index (χ1) is 10.2. The molecular formula is C18H22O3. The molecule has 3 heterocycles. The zero-order chi connectivity index (χ0) is 14.5. The quantitative estimate of drug-likeness (QED) is 0.774. The Morgan fingerprint density at radius 3 is 2.81 bits per heavy atom. The molecule has 3 nitrogen and oxygen atoms in total. The molecule has 3 aliphatic heterocycles. The molecule has 0 aromatic heterocycles. The average molecular weight is 286 g/mol. The van der Waals surface area contributed by atoms with Crippen LogP contribution in [0.2, 0.25) is 0 Å². The number of hydrogen-bond donors (Lipinski definition) is 0. The fourth-order valence-corrected chi connectivity index (χ4v) is 3.89. The van der Waals surface area contributed by atoms with Gasteiger partial charge in [0.15, 0.2) is 5.60 Å². The van der Waals surface area contributed by atoms with Crippen LogP contribution in [0.4, 0.5) is 0 Å². The fraction of sp³-hybridized carbons (Fsp3) is 0.556. The summed E-state index contributed by atoms with van der Waals surface area (Å²) < 4.78 is 6.37. The lowest BCUT2D eigenvalue weighted by atomic mass is 9.72. The highest BCUT2D eigenvalue weighted by Gasteiger charge is 2.60. The molecule has 0 radical (unpaired) electrons. The summed E-state index contributed by atoms with van der Waals surface area (Å²) in [5.41, 5.74) is 3.27. The van der Waals surface area contributed by atoms with Crippen molar-refractivity contribution in [2.45, 2.75) is 63.4 Å². The summed E-state index contributed by atoms with van der Waals surface area (Å²) in [6, 6.07) is 8.45. The van der Waals surface area contributed by atoms with Gasteiger partial charge in [0.05, 0.1) is 0 Å². The van der Waals surface area contributed by atoms with E-state index in [1.807, 2.05) is 0 Å². The maximum Gasteiger partial charge on any atom is 0.202 e. The molecule has 0 saturated carbocycles. The number of ether oxygens (including phenoxy) is 1. The number of benzene rings is 1. The van der Waals surface area contributed by atoms with Gasteiger partial charge in [-0.05, 0) is 42.5 Å². The van der Waals surface area contributed by atoms with Gasteiger partial charge in [0, 0.05) is 12.8 Å². The van der Waals surface area contributed by atoms with Gasteiger partial charge in [-0.3, -0.25) is 0 Å². The average Bonchev–Trinajstić information content (AvgIpc) is 2.54. The second kappa shape index (κ2) is 4.67. The minimum absolute atomic E-state index is 0.0354. The van der Waals surface area contributed by atoms with E-state index in [1.54, 1.807) is 0 Å². The Morgan fingerprint density at radius 1 is 1.19 bits per heavy atom. The topological polar surface area (TPSA) is 27.7 Å². The highest BCUT2D eigenvalue weighted by Crippen LogP contribution is 2.55. The first kappa shape index (κ1) is 13.5. The van der Waals surface area contributed by atoms with Gasteiger partial charge in [0.1, 0.15) is 6.10 Å². The zero-order valence-electron chi connectivity index (χ0n) is 12.7. The van der Waals surface area contributed by atoms with Crippen LogP contribution < -0.4 is 0 Å². The molecule has 0 amide bonds. The molecule has 3 saturated heterocycles. The Hall–Kier alpha value is -1.16. The van der Waals surface area contributed by atoms with Crippen molar-refractivity contribution in [3.8, 4) is 0 Å². The van der Waals surface area contributed by atoms with E-state index < -0.39 is 11.4 Å². The van der Waals surface area contributed by atoms with Crippen molar-refractivity contribution >= 4 is 5.57 Å². The van der Waals surface area contributed by atoms with Crippen LogP contribution in [-0.2, 0) is 20.1 Å². The highest BCUT2D eigenvalue weighted by atomic mass is 17.3. The van der Waals surface area contributed by atoms with Gasteiger partial charge < -0.3 is 4.74 Å². The van der Waals surface area contributed by atoms with Crippen LogP contribution in [0.3, 0.4) is 0 Å². The molecule has 0 N–H and O–H groups in total. The highest BCUT2D eigenvalue weighted by molar-refractivity contribution is 5.71. The van der Waals surface area contributed by atoms with Crippen molar-refractivity contribution < 1.29 is 14.5 Å². The van der Waals surface area contributed by atoms with Crippen molar-refractivity contribution in [2.75, 3.05) is 0 Å². The lowest BCUT2D eigenvalue weighted by Crippen LogP contribution is -2.62. The summed E-state index contributed by atoms with van der Waals surface area (Å²) in [4.78, 5) is 11.7. The monoisotopic (exact) mass is 286 g/mol. The van der Waals surface area contributed by atoms with E-state index in [0.717, 1.165) is 32.1 Å². The summed E-state index contributed by atoms with van der Waals surface area (Å²) in [7, 11) is 0. The standard InChI is InChI=1S/C18H22O3/c1-3-4-9-17-10-11-18(21-20-17)15-8-6-5-7-14(15)13(2)12-16(18)19-17/h5-8,12,16H,3-4,9-11H2,1-2H3/t16-,17-,18-/m0/s1. The van der Waals surface area contributed by atoms with Crippen molar-refractivity contribution in [2.24, 2.45) is 0 Å². The molecule has 2 bridgehead atoms. The van der Waals surface area contributed by atoms with Gasteiger partial charge in [-0.25, -0.2) is 9.78 Å². The van der Waals surface area contributed by atoms with Crippen LogP contribution >= 0.6 is 0 Å². The Balaban J connectivity index is 1.74. The number of hydrogen-bond acceptors (Lipinski definition) is 3. The summed E-state index contributed by atoms with van der Waals surface area (Å²) in [6.45, 7) is 4.34. The molecule has 3 heteroatoms. The first-order valence-corrected chi connectivity index (χ1v) is 8.02. The SMILES string of the molecule is CCCC[C@@]12CC[C@]3(OO1)c1ccccc1C(C)=C[C@@H]3O2. The third-order valence-electron chi connectivity index (χ3n) is 5.14. The molecule has 4 aliphatic rings. The molecule has 0 unspecified atom stereocenters. The van der Waals surface area contributed by atoms with E-state index in [-0.39, 0.29) is 6.10 Å². The van der Waals surface area contributed by atoms with E-state index in [9.17, 15) is 0 Å². The van der Waals surface area contributed by atoms with Gasteiger partial charge >= 0.3 is 0 Å². The Kier molecular flexibility index (Phi) is 3.00. The number of allylic oxidation sites excluding steroid dienone is 1. The van der Waals surface area contributed by atoms with Gasteiger partial charge in [0.25, 0.3) is 0 Å². The summed E-state index contributed by atoms with van der Waals surface area (Å²) in [5.74, 6) is -0.536. The lowest BCUT2D eigenvalue weighted by Gasteiger charge is -2.56. The minimum atomic E-state index is -0.536. The number of fused-ring (bicyclic) bond motifs is 3. The maximum absolute atomic E-state index is 6.37. The summed E-state index contributed by atoms with van der Waals surface area (Å²) >= 11 is 0. The molecule has 3 fully saturated rings. The summed E-state index contributed by atoms with van der Waals surface area (Å²) in [6.07, 6.45) is 7.19. The summed E-state index contributed by atoms with van der Waals surface area (Å²) in [5, 5.41) is 0. The van der Waals surface area contributed by atoms with Crippen molar-refractivity contribution in [3.63, 3.8) is 0 Å². The minimum Gasteiger partial charge on any atom is -0.336 e. The van der Waals surface area contributed by atoms with Gasteiger partial charge in [-0.1, -0.05) is 37.6 Å². The van der Waals surface area contributed by atoms with Crippen LogP contribution in [0.5, 0.6) is 0 Å². The Labute approximate surface area is 125 Å². The second-order valence-electron chi connectivity index (χ2n) is 6.50.